The maximum Gasteiger partial charge on any atom is 0.0668 e. The van der Waals surface area contributed by atoms with Gasteiger partial charge in [0.15, 0.2) is 0 Å². The summed E-state index contributed by atoms with van der Waals surface area (Å²) in [7, 11) is 0. The van der Waals surface area contributed by atoms with E-state index in [0.29, 0.717) is 6.04 Å². The molecule has 1 aromatic heterocycles. The minimum Gasteiger partial charge on any atom is -0.311 e. The monoisotopic (exact) mass is 233 g/mol. The molecule has 1 unspecified atom stereocenters. The molecule has 0 amide bonds. The molecule has 1 atom stereocenters. The molecule has 1 saturated heterocycles. The Morgan fingerprint density at radius 2 is 2.24 bits per heavy atom. The minimum atomic E-state index is 0.549. The molecule has 17 heavy (non-hydrogen) atoms. The second-order valence-corrected chi connectivity index (χ2v) is 4.82. The van der Waals surface area contributed by atoms with E-state index in [4.69, 9.17) is 0 Å². The van der Waals surface area contributed by atoms with Gasteiger partial charge in [0.25, 0.3) is 0 Å². The van der Waals surface area contributed by atoms with Gasteiger partial charge in [-0.15, -0.1) is 0 Å². The number of hydrogen-bond donors (Lipinski definition) is 1. The van der Waals surface area contributed by atoms with Crippen LogP contribution in [0.4, 0.5) is 0 Å². The van der Waals surface area contributed by atoms with Crippen LogP contribution >= 0.6 is 0 Å². The summed E-state index contributed by atoms with van der Waals surface area (Å²) in [6.07, 6.45) is 8.46. The van der Waals surface area contributed by atoms with Gasteiger partial charge in [0, 0.05) is 23.8 Å². The molecule has 0 bridgehead atoms. The number of rotatable bonds is 3. The van der Waals surface area contributed by atoms with Crippen molar-refractivity contribution in [2.75, 3.05) is 6.54 Å². The fourth-order valence-corrected chi connectivity index (χ4v) is 2.52. The highest BCUT2D eigenvalue weighted by molar-refractivity contribution is 5.55. The first-order valence-electron chi connectivity index (χ1n) is 6.68. The Hall–Kier alpha value is -1.09. The molecule has 94 valence electrons. The fraction of sp³-hybridized carbons (Fsp3) is 0.643. The van der Waals surface area contributed by atoms with Gasteiger partial charge in [0.2, 0.25) is 0 Å². The third-order valence-electron chi connectivity index (χ3n) is 3.58. The first-order chi connectivity index (χ1) is 8.22. The molecule has 0 aliphatic carbocycles. The normalized spacial score (nSPS) is 21.2. The predicted octanol–water partition coefficient (Wildman–Crippen LogP) is 2.68. The molecule has 2 rings (SSSR count). The van der Waals surface area contributed by atoms with Crippen LogP contribution in [0.1, 0.15) is 43.1 Å². The molecular weight excluding hydrogens is 210 g/mol. The van der Waals surface area contributed by atoms with Gasteiger partial charge in [0.1, 0.15) is 0 Å². The number of nitrogens with zero attached hydrogens (tertiary/aromatic N) is 2. The number of hydrogen-bond acceptors (Lipinski definition) is 2. The highest BCUT2D eigenvalue weighted by atomic mass is 15.3. The van der Waals surface area contributed by atoms with Crippen molar-refractivity contribution in [2.45, 2.75) is 52.6 Å². The molecule has 1 N–H and O–H groups in total. The summed E-state index contributed by atoms with van der Waals surface area (Å²) in [5, 5.41) is 8.07. The van der Waals surface area contributed by atoms with Gasteiger partial charge in [-0.2, -0.15) is 5.10 Å². The highest BCUT2D eigenvalue weighted by Gasteiger charge is 2.11. The second-order valence-electron chi connectivity index (χ2n) is 4.82. The quantitative estimate of drug-likeness (QED) is 0.870. The van der Waals surface area contributed by atoms with Crippen LogP contribution in [-0.4, -0.2) is 22.4 Å². The van der Waals surface area contributed by atoms with Crippen molar-refractivity contribution in [3.8, 4) is 0 Å². The van der Waals surface area contributed by atoms with Gasteiger partial charge in [-0.25, -0.2) is 0 Å². The lowest BCUT2D eigenvalue weighted by Gasteiger charge is -2.20. The summed E-state index contributed by atoms with van der Waals surface area (Å²) in [6.45, 7) is 8.48. The van der Waals surface area contributed by atoms with Crippen LogP contribution in [0, 0.1) is 13.8 Å². The predicted molar refractivity (Wildman–Crippen MR) is 72.1 cm³/mol. The van der Waals surface area contributed by atoms with Gasteiger partial charge < -0.3 is 5.32 Å². The van der Waals surface area contributed by atoms with Crippen LogP contribution in [0.25, 0.3) is 6.08 Å². The first-order valence-corrected chi connectivity index (χ1v) is 6.68. The highest BCUT2D eigenvalue weighted by Crippen LogP contribution is 2.16. The Bertz CT molecular complexity index is 398. The lowest BCUT2D eigenvalue weighted by atomic mass is 10.0. The molecule has 0 saturated carbocycles. The van der Waals surface area contributed by atoms with Crippen molar-refractivity contribution in [1.29, 1.82) is 0 Å². The van der Waals surface area contributed by atoms with Crippen LogP contribution in [0.15, 0.2) is 6.08 Å². The number of piperidine rings is 1. The van der Waals surface area contributed by atoms with E-state index < -0.39 is 0 Å². The third-order valence-corrected chi connectivity index (χ3v) is 3.58. The summed E-state index contributed by atoms with van der Waals surface area (Å²) in [4.78, 5) is 0. The Morgan fingerprint density at radius 1 is 1.41 bits per heavy atom. The summed E-state index contributed by atoms with van der Waals surface area (Å²) < 4.78 is 2.07. The molecule has 3 nitrogen and oxygen atoms in total. The average molecular weight is 233 g/mol. The topological polar surface area (TPSA) is 29.9 Å². The maximum atomic E-state index is 4.54. The van der Waals surface area contributed by atoms with Crippen LogP contribution in [0.3, 0.4) is 0 Å². The summed E-state index contributed by atoms with van der Waals surface area (Å²) >= 11 is 0. The van der Waals surface area contributed by atoms with Crippen LogP contribution in [0.5, 0.6) is 0 Å². The standard InChI is InChI=1S/C14H23N3/c1-4-17-12(3)14(11(2)16-17)9-8-13-7-5-6-10-15-13/h8-9,13,15H,4-7,10H2,1-3H3/b9-8+. The lowest BCUT2D eigenvalue weighted by Crippen LogP contribution is -2.31. The van der Waals surface area contributed by atoms with E-state index in [9.17, 15) is 0 Å². The van der Waals surface area contributed by atoms with E-state index in [1.807, 2.05) is 0 Å². The average Bonchev–Trinajstić information content (AvgIpc) is 2.63. The van der Waals surface area contributed by atoms with Crippen LogP contribution in [-0.2, 0) is 6.54 Å². The molecule has 1 fully saturated rings. The zero-order chi connectivity index (χ0) is 12.3. The van der Waals surface area contributed by atoms with E-state index in [2.05, 4.69) is 48.0 Å². The summed E-state index contributed by atoms with van der Waals surface area (Å²) in [6, 6.07) is 0.549. The Balaban J connectivity index is 2.11. The number of aryl methyl sites for hydroxylation is 2. The zero-order valence-corrected chi connectivity index (χ0v) is 11.2. The van der Waals surface area contributed by atoms with Crippen molar-refractivity contribution in [3.05, 3.63) is 23.0 Å². The second kappa shape index (κ2) is 5.50. The van der Waals surface area contributed by atoms with Crippen LogP contribution < -0.4 is 5.32 Å². The molecule has 0 radical (unpaired) electrons. The van der Waals surface area contributed by atoms with Crippen molar-refractivity contribution >= 4 is 6.08 Å². The molecule has 1 aromatic rings. The third kappa shape index (κ3) is 2.78. The molecule has 0 spiro atoms. The van der Waals surface area contributed by atoms with E-state index in [0.717, 1.165) is 18.8 Å². The SMILES string of the molecule is CCn1nc(C)c(/C=C/C2CCCCN2)c1C. The van der Waals surface area contributed by atoms with Crippen molar-refractivity contribution in [2.24, 2.45) is 0 Å². The molecule has 3 heteroatoms. The van der Waals surface area contributed by atoms with Gasteiger partial charge in [-0.05, 0) is 40.2 Å². The smallest absolute Gasteiger partial charge is 0.0668 e. The van der Waals surface area contributed by atoms with Gasteiger partial charge in [-0.1, -0.05) is 18.6 Å². The van der Waals surface area contributed by atoms with E-state index in [-0.39, 0.29) is 0 Å². The van der Waals surface area contributed by atoms with Crippen molar-refractivity contribution < 1.29 is 0 Å². The van der Waals surface area contributed by atoms with E-state index >= 15 is 0 Å². The van der Waals surface area contributed by atoms with Crippen LogP contribution in [0.2, 0.25) is 0 Å². The minimum absolute atomic E-state index is 0.549. The number of nitrogens with one attached hydrogen (secondary N) is 1. The Labute approximate surface area is 104 Å². The molecule has 0 aromatic carbocycles. The van der Waals surface area contributed by atoms with E-state index in [1.165, 1.54) is 30.5 Å². The molecular formula is C14H23N3. The zero-order valence-electron chi connectivity index (χ0n) is 11.2. The summed E-state index contributed by atoms with van der Waals surface area (Å²) in [5.74, 6) is 0. The summed E-state index contributed by atoms with van der Waals surface area (Å²) in [5.41, 5.74) is 3.70. The Morgan fingerprint density at radius 3 is 2.82 bits per heavy atom. The largest absolute Gasteiger partial charge is 0.311 e. The molecule has 1 aliphatic heterocycles. The number of aromatic nitrogens is 2. The van der Waals surface area contributed by atoms with Gasteiger partial charge >= 0.3 is 0 Å². The van der Waals surface area contributed by atoms with Gasteiger partial charge in [0.05, 0.1) is 5.69 Å². The van der Waals surface area contributed by atoms with Crippen molar-refractivity contribution in [1.82, 2.24) is 15.1 Å². The maximum absolute atomic E-state index is 4.54. The Kier molecular flexibility index (Phi) is 4.00. The van der Waals surface area contributed by atoms with Gasteiger partial charge in [-0.3, -0.25) is 4.68 Å². The first kappa shape index (κ1) is 12.4. The van der Waals surface area contributed by atoms with Crippen molar-refractivity contribution in [3.63, 3.8) is 0 Å². The lowest BCUT2D eigenvalue weighted by molar-refractivity contribution is 0.455. The van der Waals surface area contributed by atoms with E-state index in [1.54, 1.807) is 0 Å². The fourth-order valence-electron chi connectivity index (χ4n) is 2.52. The molecule has 2 heterocycles. The molecule has 1 aliphatic rings.